The van der Waals surface area contributed by atoms with E-state index in [9.17, 15) is 9.59 Å². The van der Waals surface area contributed by atoms with Gasteiger partial charge in [-0.3, -0.25) is 4.79 Å². The lowest BCUT2D eigenvalue weighted by atomic mass is 10.0. The minimum Gasteiger partial charge on any atom is -0.467 e. The van der Waals surface area contributed by atoms with Gasteiger partial charge in [-0.1, -0.05) is 26.0 Å². The zero-order valence-corrected chi connectivity index (χ0v) is 12.2. The van der Waals surface area contributed by atoms with E-state index in [1.807, 2.05) is 13.8 Å². The third-order valence-corrected chi connectivity index (χ3v) is 2.95. The van der Waals surface area contributed by atoms with Crippen molar-refractivity contribution >= 4 is 11.9 Å². The van der Waals surface area contributed by atoms with Crippen LogP contribution in [0.4, 0.5) is 0 Å². The molecule has 5 heteroatoms. The first-order valence-corrected chi connectivity index (χ1v) is 6.65. The van der Waals surface area contributed by atoms with Crippen molar-refractivity contribution in [3.05, 3.63) is 35.4 Å². The van der Waals surface area contributed by atoms with Gasteiger partial charge in [0, 0.05) is 12.1 Å². The van der Waals surface area contributed by atoms with Crippen LogP contribution in [0.5, 0.6) is 0 Å². The second kappa shape index (κ2) is 7.65. The number of esters is 1. The fourth-order valence-corrected chi connectivity index (χ4v) is 1.86. The van der Waals surface area contributed by atoms with Crippen LogP contribution in [0.15, 0.2) is 24.3 Å². The lowest BCUT2D eigenvalue weighted by Crippen LogP contribution is -2.42. The molecule has 0 saturated heterocycles. The lowest BCUT2D eigenvalue weighted by molar-refractivity contribution is -0.143. The Hall–Kier alpha value is -1.88. The molecule has 0 bridgehead atoms. The second-order valence-electron chi connectivity index (χ2n) is 5.08. The number of ether oxygens (including phenoxy) is 1. The molecule has 0 aliphatic rings. The Kier molecular flexibility index (Phi) is 6.18. The van der Waals surface area contributed by atoms with Crippen molar-refractivity contribution in [2.75, 3.05) is 7.11 Å². The van der Waals surface area contributed by atoms with Crippen LogP contribution >= 0.6 is 0 Å². The van der Waals surface area contributed by atoms with Gasteiger partial charge >= 0.3 is 5.97 Å². The maximum Gasteiger partial charge on any atom is 0.328 e. The topological polar surface area (TPSA) is 81.4 Å². The molecule has 1 aromatic rings. The first kappa shape index (κ1) is 16.2. The summed E-state index contributed by atoms with van der Waals surface area (Å²) in [5.74, 6) is -0.436. The molecule has 5 nitrogen and oxygen atoms in total. The van der Waals surface area contributed by atoms with Crippen LogP contribution in [0.25, 0.3) is 0 Å². The fourth-order valence-electron chi connectivity index (χ4n) is 1.86. The minimum absolute atomic E-state index is 0.277. The Balaban J connectivity index is 2.76. The molecule has 110 valence electrons. The van der Waals surface area contributed by atoms with Gasteiger partial charge in [-0.05, 0) is 30.0 Å². The Morgan fingerprint density at radius 3 is 2.30 bits per heavy atom. The summed E-state index contributed by atoms with van der Waals surface area (Å²) in [5, 5.41) is 2.71. The van der Waals surface area contributed by atoms with Crippen molar-refractivity contribution in [3.8, 4) is 0 Å². The molecule has 0 heterocycles. The minimum atomic E-state index is -0.623. The Morgan fingerprint density at radius 2 is 1.85 bits per heavy atom. The van der Waals surface area contributed by atoms with Gasteiger partial charge in [0.05, 0.1) is 7.11 Å². The van der Waals surface area contributed by atoms with E-state index in [1.54, 1.807) is 24.3 Å². The molecule has 0 spiro atoms. The van der Waals surface area contributed by atoms with E-state index in [0.29, 0.717) is 18.5 Å². The summed E-state index contributed by atoms with van der Waals surface area (Å²) in [6, 6.07) is 6.36. The van der Waals surface area contributed by atoms with Crippen molar-refractivity contribution in [1.82, 2.24) is 5.32 Å². The number of methoxy groups -OCH3 is 1. The quantitative estimate of drug-likeness (QED) is 0.772. The lowest BCUT2D eigenvalue weighted by Gasteiger charge is -2.18. The highest BCUT2D eigenvalue weighted by Crippen LogP contribution is 2.09. The van der Waals surface area contributed by atoms with Gasteiger partial charge in [0.15, 0.2) is 0 Å². The molecule has 1 aromatic carbocycles. The van der Waals surface area contributed by atoms with Crippen LogP contribution in [-0.2, 0) is 16.1 Å². The Bertz CT molecular complexity index is 455. The van der Waals surface area contributed by atoms with Crippen molar-refractivity contribution in [2.24, 2.45) is 11.7 Å². The molecule has 0 aromatic heterocycles. The van der Waals surface area contributed by atoms with E-state index in [1.165, 1.54) is 7.11 Å². The van der Waals surface area contributed by atoms with Gasteiger partial charge in [0.25, 0.3) is 5.91 Å². The number of nitrogens with one attached hydrogen (secondary N) is 1. The monoisotopic (exact) mass is 278 g/mol. The molecule has 1 atom stereocenters. The molecule has 20 heavy (non-hydrogen) atoms. The molecule has 0 aliphatic carbocycles. The number of hydrogen-bond donors (Lipinski definition) is 2. The third kappa shape index (κ3) is 4.66. The number of amides is 1. The fraction of sp³-hybridized carbons (Fsp3) is 0.467. The van der Waals surface area contributed by atoms with Crippen LogP contribution in [0, 0.1) is 5.92 Å². The Morgan fingerprint density at radius 1 is 1.25 bits per heavy atom. The summed E-state index contributed by atoms with van der Waals surface area (Å²) < 4.78 is 4.72. The average Bonchev–Trinajstić information content (AvgIpc) is 2.45. The van der Waals surface area contributed by atoms with E-state index in [0.717, 1.165) is 5.56 Å². The number of benzene rings is 1. The van der Waals surface area contributed by atoms with E-state index >= 15 is 0 Å². The molecule has 3 N–H and O–H groups in total. The summed E-state index contributed by atoms with van der Waals surface area (Å²) in [6.07, 6.45) is 0.541. The largest absolute Gasteiger partial charge is 0.467 e. The van der Waals surface area contributed by atoms with Gasteiger partial charge in [0.2, 0.25) is 0 Å². The molecule has 0 saturated carbocycles. The van der Waals surface area contributed by atoms with E-state index < -0.39 is 12.0 Å². The molecule has 1 rings (SSSR count). The average molecular weight is 278 g/mol. The van der Waals surface area contributed by atoms with Crippen LogP contribution in [0.3, 0.4) is 0 Å². The van der Waals surface area contributed by atoms with Crippen molar-refractivity contribution in [1.29, 1.82) is 0 Å². The Labute approximate surface area is 119 Å². The smallest absolute Gasteiger partial charge is 0.328 e. The summed E-state index contributed by atoms with van der Waals surface area (Å²) >= 11 is 0. The van der Waals surface area contributed by atoms with Crippen LogP contribution in [0.2, 0.25) is 0 Å². The standard InChI is InChI=1S/C15H22N2O3/c1-10(2)8-13(15(19)20-3)17-14(18)12-6-4-11(9-16)5-7-12/h4-7,10,13H,8-9,16H2,1-3H3,(H,17,18)/t13-/m0/s1. The van der Waals surface area contributed by atoms with Gasteiger partial charge < -0.3 is 15.8 Å². The normalized spacial score (nSPS) is 12.1. The number of carbonyl (C=O) groups is 2. The third-order valence-electron chi connectivity index (χ3n) is 2.95. The molecular weight excluding hydrogens is 256 g/mol. The van der Waals surface area contributed by atoms with Gasteiger partial charge in [-0.2, -0.15) is 0 Å². The van der Waals surface area contributed by atoms with Gasteiger partial charge in [-0.25, -0.2) is 4.79 Å². The highest BCUT2D eigenvalue weighted by Gasteiger charge is 2.23. The van der Waals surface area contributed by atoms with E-state index in [2.05, 4.69) is 5.32 Å². The zero-order chi connectivity index (χ0) is 15.1. The highest BCUT2D eigenvalue weighted by atomic mass is 16.5. The number of nitrogens with two attached hydrogens (primary N) is 1. The highest BCUT2D eigenvalue weighted by molar-refractivity contribution is 5.96. The van der Waals surface area contributed by atoms with E-state index in [-0.39, 0.29) is 11.8 Å². The SMILES string of the molecule is COC(=O)[C@H](CC(C)C)NC(=O)c1ccc(CN)cc1. The van der Waals surface area contributed by atoms with Gasteiger partial charge in [-0.15, -0.1) is 0 Å². The molecule has 0 aliphatic heterocycles. The first-order chi connectivity index (χ1) is 9.47. The zero-order valence-electron chi connectivity index (χ0n) is 12.2. The second-order valence-corrected chi connectivity index (χ2v) is 5.08. The maximum absolute atomic E-state index is 12.1. The molecule has 0 unspecified atom stereocenters. The van der Waals surface area contributed by atoms with Crippen molar-refractivity contribution in [2.45, 2.75) is 32.9 Å². The van der Waals surface area contributed by atoms with Crippen molar-refractivity contribution < 1.29 is 14.3 Å². The van der Waals surface area contributed by atoms with Crippen molar-refractivity contribution in [3.63, 3.8) is 0 Å². The summed E-state index contributed by atoms with van der Waals surface area (Å²) in [5.41, 5.74) is 6.96. The summed E-state index contributed by atoms with van der Waals surface area (Å²) in [7, 11) is 1.32. The van der Waals surface area contributed by atoms with Crippen LogP contribution in [0.1, 0.15) is 36.2 Å². The van der Waals surface area contributed by atoms with E-state index in [4.69, 9.17) is 10.5 Å². The summed E-state index contributed by atoms with van der Waals surface area (Å²) in [6.45, 7) is 4.40. The van der Waals surface area contributed by atoms with Crippen LogP contribution in [-0.4, -0.2) is 25.0 Å². The number of carbonyl (C=O) groups excluding carboxylic acids is 2. The molecule has 1 amide bonds. The predicted molar refractivity (Wildman–Crippen MR) is 77.1 cm³/mol. The molecular formula is C15H22N2O3. The predicted octanol–water partition coefficient (Wildman–Crippen LogP) is 1.46. The number of rotatable bonds is 6. The molecule has 0 fully saturated rings. The van der Waals surface area contributed by atoms with Crippen LogP contribution < -0.4 is 11.1 Å². The maximum atomic E-state index is 12.1. The first-order valence-electron chi connectivity index (χ1n) is 6.65. The van der Waals surface area contributed by atoms with Gasteiger partial charge in [0.1, 0.15) is 6.04 Å². The summed E-state index contributed by atoms with van der Waals surface area (Å²) in [4.78, 5) is 23.8. The molecule has 0 radical (unpaired) electrons. The number of hydrogen-bond acceptors (Lipinski definition) is 4.